The van der Waals surface area contributed by atoms with Crippen molar-refractivity contribution in [3.05, 3.63) is 42.7 Å². The number of ketones is 1. The standard InChI is InChI=1S/C28H40N2O7.ClH/c1-7-25(4)16-19(32)28(35)26(5)18(31)11-13-24(2,3)21(26)20(33)22(27(28,6)37-25)36-23(34)30-15-12-17-10-8-9-14-29-17;/h7-10,14,18,20-22,31,33,35H,1,11-13,15-16H2,2-6H3,(H,30,34);1H/t18-,20-,21-,22-,25-,26-,27+,28-;/m0./s1. The van der Waals surface area contributed by atoms with E-state index in [1.165, 1.54) is 13.0 Å². The SMILES string of the molecule is C=C[C@@]1(C)CC(=O)[C@]2(O)[C@@]3(C)[C@@H](O)CCC(C)(C)[C@@H]3[C@H](O)[C@H](OC(=O)NCCc3ccccn3)[C@@]2(C)O1.Cl. The number of hydrogen-bond acceptors (Lipinski definition) is 8. The molecule has 1 aliphatic heterocycles. The van der Waals surface area contributed by atoms with Crippen LogP contribution in [0.1, 0.15) is 59.6 Å². The molecule has 4 rings (SSSR count). The van der Waals surface area contributed by atoms with Crippen LogP contribution in [0.5, 0.6) is 0 Å². The van der Waals surface area contributed by atoms with Gasteiger partial charge in [0.25, 0.3) is 0 Å². The van der Waals surface area contributed by atoms with Crippen LogP contribution in [-0.2, 0) is 20.7 Å². The molecule has 4 N–H and O–H groups in total. The number of aliphatic hydroxyl groups is 3. The molecule has 38 heavy (non-hydrogen) atoms. The molecule has 2 saturated carbocycles. The molecule has 0 aromatic carbocycles. The Balaban J connectivity index is 0.00000400. The monoisotopic (exact) mass is 552 g/mol. The highest BCUT2D eigenvalue weighted by Gasteiger charge is 2.81. The molecule has 0 bridgehead atoms. The van der Waals surface area contributed by atoms with Crippen LogP contribution in [0.4, 0.5) is 4.79 Å². The average Bonchev–Trinajstić information content (AvgIpc) is 2.83. The van der Waals surface area contributed by atoms with Crippen LogP contribution in [0.25, 0.3) is 0 Å². The second-order valence-electron chi connectivity index (χ2n) is 12.2. The minimum absolute atomic E-state index is 0. The summed E-state index contributed by atoms with van der Waals surface area (Å²) < 4.78 is 12.2. The number of rotatable bonds is 5. The fourth-order valence-electron chi connectivity index (χ4n) is 7.48. The molecule has 0 spiro atoms. The first kappa shape index (κ1) is 30.5. The van der Waals surface area contributed by atoms with Gasteiger partial charge < -0.3 is 30.1 Å². The van der Waals surface area contributed by atoms with Gasteiger partial charge in [-0.2, -0.15) is 0 Å². The van der Waals surface area contributed by atoms with Crippen LogP contribution in [0.2, 0.25) is 0 Å². The maximum absolute atomic E-state index is 13.9. The molecule has 0 radical (unpaired) electrons. The molecule has 212 valence electrons. The lowest BCUT2D eigenvalue weighted by Crippen LogP contribution is -2.86. The van der Waals surface area contributed by atoms with Crippen LogP contribution >= 0.6 is 12.4 Å². The normalized spacial score (nSPS) is 41.6. The first-order valence-corrected chi connectivity index (χ1v) is 13.0. The van der Waals surface area contributed by atoms with Gasteiger partial charge in [0.15, 0.2) is 17.5 Å². The second kappa shape index (κ2) is 10.2. The number of nitrogens with one attached hydrogen (secondary N) is 1. The Hall–Kier alpha value is -2.04. The largest absolute Gasteiger partial charge is 0.440 e. The van der Waals surface area contributed by atoms with Gasteiger partial charge in [0.1, 0.15) is 5.60 Å². The van der Waals surface area contributed by atoms with E-state index in [1.807, 2.05) is 26.0 Å². The van der Waals surface area contributed by atoms with Crippen LogP contribution in [0, 0.1) is 16.7 Å². The van der Waals surface area contributed by atoms with Crippen molar-refractivity contribution in [3.8, 4) is 0 Å². The highest BCUT2D eigenvalue weighted by atomic mass is 35.5. The molecular formula is C28H41ClN2O7. The fourth-order valence-corrected chi connectivity index (χ4v) is 7.48. The van der Waals surface area contributed by atoms with Gasteiger partial charge in [0.2, 0.25) is 0 Å². The Kier molecular flexibility index (Phi) is 8.16. The number of alkyl carbamates (subject to hydrolysis) is 1. The Morgan fingerprint density at radius 1 is 1.26 bits per heavy atom. The van der Waals surface area contributed by atoms with E-state index in [1.54, 1.807) is 26.1 Å². The number of amides is 1. The maximum atomic E-state index is 13.9. The Morgan fingerprint density at radius 3 is 2.55 bits per heavy atom. The van der Waals surface area contributed by atoms with Gasteiger partial charge in [0.05, 0.1) is 17.8 Å². The van der Waals surface area contributed by atoms with E-state index < -0.39 is 63.7 Å². The summed E-state index contributed by atoms with van der Waals surface area (Å²) in [7, 11) is 0. The van der Waals surface area contributed by atoms with Gasteiger partial charge in [-0.1, -0.05) is 32.9 Å². The summed E-state index contributed by atoms with van der Waals surface area (Å²) in [5.74, 6) is -1.31. The number of aliphatic hydroxyl groups excluding tert-OH is 2. The van der Waals surface area contributed by atoms with Crippen molar-refractivity contribution in [1.29, 1.82) is 0 Å². The summed E-state index contributed by atoms with van der Waals surface area (Å²) in [6.07, 6.45) is -0.301. The summed E-state index contributed by atoms with van der Waals surface area (Å²) in [6.45, 7) is 12.7. The third kappa shape index (κ3) is 4.36. The van der Waals surface area contributed by atoms with Gasteiger partial charge in [-0.3, -0.25) is 9.78 Å². The Morgan fingerprint density at radius 2 is 1.95 bits per heavy atom. The van der Waals surface area contributed by atoms with Gasteiger partial charge in [-0.15, -0.1) is 19.0 Å². The second-order valence-corrected chi connectivity index (χ2v) is 12.2. The van der Waals surface area contributed by atoms with E-state index in [-0.39, 0.29) is 25.4 Å². The third-order valence-corrected chi connectivity index (χ3v) is 9.34. The number of hydrogen-bond donors (Lipinski definition) is 4. The Bertz CT molecular complexity index is 1070. The van der Waals surface area contributed by atoms with Crippen molar-refractivity contribution in [1.82, 2.24) is 10.3 Å². The molecule has 1 aromatic rings. The van der Waals surface area contributed by atoms with E-state index in [4.69, 9.17) is 9.47 Å². The topological polar surface area (TPSA) is 138 Å². The first-order valence-electron chi connectivity index (χ1n) is 13.0. The number of halogens is 1. The minimum Gasteiger partial charge on any atom is -0.440 e. The van der Waals surface area contributed by atoms with Crippen LogP contribution in [0.3, 0.4) is 0 Å². The van der Waals surface area contributed by atoms with Crippen molar-refractivity contribution in [2.75, 3.05) is 6.54 Å². The summed E-state index contributed by atoms with van der Waals surface area (Å²) in [4.78, 5) is 31.1. The van der Waals surface area contributed by atoms with Crippen molar-refractivity contribution >= 4 is 24.3 Å². The van der Waals surface area contributed by atoms with Crippen LogP contribution < -0.4 is 5.32 Å². The van der Waals surface area contributed by atoms with E-state index in [2.05, 4.69) is 16.9 Å². The zero-order valence-corrected chi connectivity index (χ0v) is 23.6. The van der Waals surface area contributed by atoms with Crippen molar-refractivity contribution in [3.63, 3.8) is 0 Å². The minimum atomic E-state index is -2.25. The van der Waals surface area contributed by atoms with E-state index in [9.17, 15) is 24.9 Å². The number of fused-ring (bicyclic) bond motifs is 3. The number of carbonyl (C=O) groups is 2. The van der Waals surface area contributed by atoms with Crippen molar-refractivity contribution in [2.45, 2.75) is 95.4 Å². The smallest absolute Gasteiger partial charge is 0.407 e. The first-order chi connectivity index (χ1) is 17.2. The molecular weight excluding hydrogens is 512 g/mol. The zero-order chi connectivity index (χ0) is 27.4. The number of Topliss-reactive ketones (excluding diaryl/α,β-unsaturated/α-hetero) is 1. The molecule has 1 aromatic heterocycles. The molecule has 3 fully saturated rings. The summed E-state index contributed by atoms with van der Waals surface area (Å²) in [5, 5.41) is 38.2. The van der Waals surface area contributed by atoms with Gasteiger partial charge in [-0.05, 0) is 44.2 Å². The molecule has 2 aliphatic carbocycles. The lowest BCUT2D eigenvalue weighted by Gasteiger charge is -2.71. The van der Waals surface area contributed by atoms with Gasteiger partial charge in [-0.25, -0.2) is 4.79 Å². The summed E-state index contributed by atoms with van der Waals surface area (Å²) in [5.41, 5.74) is -6.55. The fraction of sp³-hybridized carbons (Fsp3) is 0.679. The van der Waals surface area contributed by atoms with E-state index in [0.717, 1.165) is 5.69 Å². The molecule has 10 heteroatoms. The molecule has 3 aliphatic rings. The highest BCUT2D eigenvalue weighted by molar-refractivity contribution is 5.92. The average molecular weight is 553 g/mol. The Labute approximate surface area is 230 Å². The number of carbonyl (C=O) groups excluding carboxylic acids is 2. The van der Waals surface area contributed by atoms with Gasteiger partial charge >= 0.3 is 6.09 Å². The lowest BCUT2D eigenvalue weighted by molar-refractivity contribution is -0.369. The molecule has 8 atom stereocenters. The molecule has 0 unspecified atom stereocenters. The van der Waals surface area contributed by atoms with E-state index in [0.29, 0.717) is 19.3 Å². The van der Waals surface area contributed by atoms with Crippen molar-refractivity contribution in [2.24, 2.45) is 16.7 Å². The van der Waals surface area contributed by atoms with Gasteiger partial charge in [0, 0.05) is 42.6 Å². The number of ether oxygens (including phenoxy) is 2. The quantitative estimate of drug-likeness (QED) is 0.409. The predicted octanol–water partition coefficient (Wildman–Crippen LogP) is 2.74. The van der Waals surface area contributed by atoms with Crippen molar-refractivity contribution < 1.29 is 34.4 Å². The third-order valence-electron chi connectivity index (χ3n) is 9.34. The zero-order valence-electron chi connectivity index (χ0n) is 22.8. The molecule has 1 amide bonds. The molecule has 2 heterocycles. The van der Waals surface area contributed by atoms with Crippen LogP contribution in [0.15, 0.2) is 37.1 Å². The number of aromatic nitrogens is 1. The molecule has 1 saturated heterocycles. The summed E-state index contributed by atoms with van der Waals surface area (Å²) in [6, 6.07) is 5.50. The molecule has 9 nitrogen and oxygen atoms in total. The maximum Gasteiger partial charge on any atom is 0.407 e. The van der Waals surface area contributed by atoms with E-state index >= 15 is 0 Å². The predicted molar refractivity (Wildman–Crippen MR) is 143 cm³/mol. The lowest BCUT2D eigenvalue weighted by atomic mass is 9.40. The number of pyridine rings is 1. The highest BCUT2D eigenvalue weighted by Crippen LogP contribution is 2.67. The van der Waals surface area contributed by atoms with Crippen LogP contribution in [-0.4, -0.2) is 73.8 Å². The number of nitrogens with zero attached hydrogens (tertiary/aromatic N) is 1. The summed E-state index contributed by atoms with van der Waals surface area (Å²) >= 11 is 0.